The van der Waals surface area contributed by atoms with Crippen molar-refractivity contribution in [3.8, 4) is 0 Å². The van der Waals surface area contributed by atoms with E-state index in [4.69, 9.17) is 0 Å². The number of H-pyrrole nitrogens is 1. The van der Waals surface area contributed by atoms with Gasteiger partial charge in [0.25, 0.3) is 0 Å². The highest BCUT2D eigenvalue weighted by molar-refractivity contribution is 5.86. The molecule has 1 fully saturated rings. The molecule has 19 heavy (non-hydrogen) atoms. The minimum Gasteiger partial charge on any atom is -0.369 e. The molecule has 2 aromatic heterocycles. The van der Waals surface area contributed by atoms with Crippen molar-refractivity contribution in [3.05, 3.63) is 18.6 Å². The van der Waals surface area contributed by atoms with E-state index in [9.17, 15) is 0 Å². The lowest BCUT2D eigenvalue weighted by molar-refractivity contribution is 0.148. The van der Waals surface area contributed by atoms with Gasteiger partial charge in [-0.25, -0.2) is 9.97 Å². The fourth-order valence-corrected chi connectivity index (χ4v) is 3.18. The zero-order valence-corrected chi connectivity index (χ0v) is 11.7. The summed E-state index contributed by atoms with van der Waals surface area (Å²) in [4.78, 5) is 11.7. The fourth-order valence-electron chi connectivity index (χ4n) is 3.18. The Labute approximate surface area is 114 Å². The third-order valence-electron chi connectivity index (χ3n) is 4.60. The molecule has 1 aliphatic rings. The van der Waals surface area contributed by atoms with E-state index in [1.807, 2.05) is 12.3 Å². The van der Waals surface area contributed by atoms with Gasteiger partial charge in [0.15, 0.2) is 0 Å². The Bertz CT molecular complexity index is 558. The predicted molar refractivity (Wildman–Crippen MR) is 78.1 cm³/mol. The van der Waals surface area contributed by atoms with Gasteiger partial charge in [-0.3, -0.25) is 0 Å². The largest absolute Gasteiger partial charge is 0.369 e. The van der Waals surface area contributed by atoms with E-state index < -0.39 is 0 Å². The summed E-state index contributed by atoms with van der Waals surface area (Å²) in [7, 11) is 0. The molecule has 2 heterocycles. The summed E-state index contributed by atoms with van der Waals surface area (Å²) in [5.74, 6) is 1.68. The van der Waals surface area contributed by atoms with Crippen LogP contribution in [0.2, 0.25) is 0 Å². The number of nitrogens with one attached hydrogen (secondary N) is 2. The maximum absolute atomic E-state index is 4.37. The zero-order valence-electron chi connectivity index (χ0n) is 11.7. The SMILES string of the molecule is CC1(C)CCCCC1CNc1ncnc2[nH]ccc12. The average molecular weight is 258 g/mol. The molecule has 0 amide bonds. The Hall–Kier alpha value is -1.58. The molecule has 4 nitrogen and oxygen atoms in total. The molecule has 0 spiro atoms. The second kappa shape index (κ2) is 4.83. The summed E-state index contributed by atoms with van der Waals surface area (Å²) in [5, 5.41) is 4.61. The van der Waals surface area contributed by atoms with Crippen LogP contribution in [-0.4, -0.2) is 21.5 Å². The van der Waals surface area contributed by atoms with Gasteiger partial charge in [0, 0.05) is 12.7 Å². The summed E-state index contributed by atoms with van der Waals surface area (Å²) < 4.78 is 0. The lowest BCUT2D eigenvalue weighted by Crippen LogP contribution is -2.33. The molecule has 102 valence electrons. The first-order valence-corrected chi connectivity index (χ1v) is 7.19. The maximum Gasteiger partial charge on any atom is 0.142 e. The van der Waals surface area contributed by atoms with Crippen molar-refractivity contribution in [3.63, 3.8) is 0 Å². The molecular formula is C15H22N4. The van der Waals surface area contributed by atoms with Crippen LogP contribution in [0.3, 0.4) is 0 Å². The topological polar surface area (TPSA) is 53.6 Å². The monoisotopic (exact) mass is 258 g/mol. The van der Waals surface area contributed by atoms with Crippen molar-refractivity contribution in [1.29, 1.82) is 0 Å². The second-order valence-electron chi connectivity index (χ2n) is 6.27. The van der Waals surface area contributed by atoms with Crippen molar-refractivity contribution in [2.45, 2.75) is 39.5 Å². The van der Waals surface area contributed by atoms with E-state index in [-0.39, 0.29) is 0 Å². The van der Waals surface area contributed by atoms with Crippen molar-refractivity contribution >= 4 is 16.9 Å². The number of rotatable bonds is 3. The number of aromatic amines is 1. The van der Waals surface area contributed by atoms with Gasteiger partial charge in [-0.05, 0) is 30.2 Å². The molecule has 2 N–H and O–H groups in total. The van der Waals surface area contributed by atoms with Gasteiger partial charge in [-0.2, -0.15) is 0 Å². The normalized spacial score (nSPS) is 22.5. The second-order valence-corrected chi connectivity index (χ2v) is 6.27. The molecule has 0 aliphatic heterocycles. The zero-order chi connectivity index (χ0) is 13.3. The Morgan fingerprint density at radius 1 is 1.37 bits per heavy atom. The van der Waals surface area contributed by atoms with Crippen LogP contribution in [0.15, 0.2) is 18.6 Å². The molecule has 0 saturated heterocycles. The van der Waals surface area contributed by atoms with E-state index in [0.717, 1.165) is 29.3 Å². The fraction of sp³-hybridized carbons (Fsp3) is 0.600. The van der Waals surface area contributed by atoms with Gasteiger partial charge in [0.05, 0.1) is 5.39 Å². The van der Waals surface area contributed by atoms with Crippen molar-refractivity contribution in [2.24, 2.45) is 11.3 Å². The van der Waals surface area contributed by atoms with Crippen LogP contribution in [0.25, 0.3) is 11.0 Å². The molecule has 3 rings (SSSR count). The molecule has 1 aliphatic carbocycles. The van der Waals surface area contributed by atoms with Crippen molar-refractivity contribution in [2.75, 3.05) is 11.9 Å². The van der Waals surface area contributed by atoms with Gasteiger partial charge in [0.2, 0.25) is 0 Å². The van der Waals surface area contributed by atoms with Crippen LogP contribution in [0.5, 0.6) is 0 Å². The average Bonchev–Trinajstić information content (AvgIpc) is 2.86. The number of fused-ring (bicyclic) bond motifs is 1. The quantitative estimate of drug-likeness (QED) is 0.884. The van der Waals surface area contributed by atoms with E-state index in [2.05, 4.69) is 34.1 Å². The third kappa shape index (κ3) is 2.44. The first kappa shape index (κ1) is 12.5. The Morgan fingerprint density at radius 2 is 2.26 bits per heavy atom. The van der Waals surface area contributed by atoms with Crippen molar-refractivity contribution in [1.82, 2.24) is 15.0 Å². The predicted octanol–water partition coefficient (Wildman–Crippen LogP) is 3.59. The molecule has 1 atom stereocenters. The van der Waals surface area contributed by atoms with Crippen LogP contribution < -0.4 is 5.32 Å². The molecular weight excluding hydrogens is 236 g/mol. The highest BCUT2D eigenvalue weighted by Gasteiger charge is 2.31. The van der Waals surface area contributed by atoms with E-state index in [1.165, 1.54) is 25.7 Å². The summed E-state index contributed by atoms with van der Waals surface area (Å²) in [6.07, 6.45) is 8.92. The maximum atomic E-state index is 4.37. The minimum atomic E-state index is 0.440. The van der Waals surface area contributed by atoms with E-state index in [1.54, 1.807) is 6.33 Å². The minimum absolute atomic E-state index is 0.440. The molecule has 4 heteroatoms. The molecule has 0 aromatic carbocycles. The smallest absolute Gasteiger partial charge is 0.142 e. The summed E-state index contributed by atoms with van der Waals surface area (Å²) >= 11 is 0. The van der Waals surface area contributed by atoms with Gasteiger partial charge >= 0.3 is 0 Å². The highest BCUT2D eigenvalue weighted by atomic mass is 15.0. The summed E-state index contributed by atoms with van der Waals surface area (Å²) in [5.41, 5.74) is 1.34. The molecule has 2 aromatic rings. The van der Waals surface area contributed by atoms with Gasteiger partial charge in [-0.1, -0.05) is 26.7 Å². The van der Waals surface area contributed by atoms with Crippen LogP contribution in [-0.2, 0) is 0 Å². The van der Waals surface area contributed by atoms with Crippen LogP contribution >= 0.6 is 0 Å². The molecule has 0 bridgehead atoms. The summed E-state index contributed by atoms with van der Waals surface area (Å²) in [6, 6.07) is 2.03. The van der Waals surface area contributed by atoms with Gasteiger partial charge < -0.3 is 10.3 Å². The Kier molecular flexibility index (Phi) is 3.17. The van der Waals surface area contributed by atoms with E-state index >= 15 is 0 Å². The lowest BCUT2D eigenvalue weighted by atomic mass is 9.69. The lowest BCUT2D eigenvalue weighted by Gasteiger charge is -2.38. The standard InChI is InChI=1S/C15H22N4/c1-15(2)7-4-3-5-11(15)9-17-14-12-6-8-16-13(12)18-10-19-14/h6,8,10-11H,3-5,7,9H2,1-2H3,(H2,16,17,18,19). The molecule has 1 saturated carbocycles. The van der Waals surface area contributed by atoms with Crippen LogP contribution in [0, 0.1) is 11.3 Å². The number of anilines is 1. The number of hydrogen-bond donors (Lipinski definition) is 2. The highest BCUT2D eigenvalue weighted by Crippen LogP contribution is 2.40. The first-order valence-electron chi connectivity index (χ1n) is 7.19. The van der Waals surface area contributed by atoms with Crippen LogP contribution in [0.4, 0.5) is 5.82 Å². The van der Waals surface area contributed by atoms with Gasteiger partial charge in [-0.15, -0.1) is 0 Å². The summed E-state index contributed by atoms with van der Waals surface area (Å²) in [6.45, 7) is 5.79. The van der Waals surface area contributed by atoms with Crippen molar-refractivity contribution < 1.29 is 0 Å². The van der Waals surface area contributed by atoms with Crippen LogP contribution in [0.1, 0.15) is 39.5 Å². The number of hydrogen-bond acceptors (Lipinski definition) is 3. The van der Waals surface area contributed by atoms with Gasteiger partial charge in [0.1, 0.15) is 17.8 Å². The first-order chi connectivity index (χ1) is 9.17. The number of aromatic nitrogens is 3. The Balaban J connectivity index is 1.73. The Morgan fingerprint density at radius 3 is 3.11 bits per heavy atom. The number of nitrogens with zero attached hydrogens (tertiary/aromatic N) is 2. The third-order valence-corrected chi connectivity index (χ3v) is 4.60. The van der Waals surface area contributed by atoms with E-state index in [0.29, 0.717) is 5.41 Å². The molecule has 0 radical (unpaired) electrons. The molecule has 1 unspecified atom stereocenters.